The molecule has 0 fully saturated rings. The number of methoxy groups -OCH3 is 2. The molecule has 1 atom stereocenters. The van der Waals surface area contributed by atoms with Gasteiger partial charge in [-0.3, -0.25) is 4.57 Å². The molecule has 0 N–H and O–H groups in total. The maximum atomic E-state index is 11.3. The summed E-state index contributed by atoms with van der Waals surface area (Å²) in [6.45, 7) is 0. The molecule has 0 aliphatic rings. The average molecular weight is 312 g/mol. The number of hydrogen-bond acceptors (Lipinski definition) is 7. The maximum Gasteiger partial charge on any atom is 1.00 e. The zero-order valence-corrected chi connectivity index (χ0v) is 14.7. The number of ether oxygens (including phenoxy) is 2. The standard InChI is InChI=1S/C10H11O7P.K/c1-15-9(11)6-3-7(10(12)16-2)5-8(4-6)17-18(13)14;/h3-5,18H,1-2H3,(H,13,14);/q;+1/p-1. The Labute approximate surface area is 152 Å². The Morgan fingerprint density at radius 1 is 1.05 bits per heavy atom. The fourth-order valence-corrected chi connectivity index (χ4v) is 1.54. The Morgan fingerprint density at radius 2 is 1.47 bits per heavy atom. The Kier molecular flexibility index (Phi) is 8.76. The van der Waals surface area contributed by atoms with Crippen molar-refractivity contribution in [1.29, 1.82) is 0 Å². The van der Waals surface area contributed by atoms with Gasteiger partial charge in [0.1, 0.15) is 5.75 Å². The van der Waals surface area contributed by atoms with Crippen LogP contribution < -0.4 is 60.8 Å². The van der Waals surface area contributed by atoms with Crippen LogP contribution in [0.3, 0.4) is 0 Å². The van der Waals surface area contributed by atoms with Gasteiger partial charge in [-0.05, 0) is 18.2 Å². The normalized spacial score (nSPS) is 10.9. The fraction of sp³-hybridized carbons (Fsp3) is 0.200. The van der Waals surface area contributed by atoms with Crippen molar-refractivity contribution in [3.63, 3.8) is 0 Å². The minimum atomic E-state index is -3.49. The van der Waals surface area contributed by atoms with E-state index in [1.807, 2.05) is 0 Å². The molecule has 0 aliphatic heterocycles. The van der Waals surface area contributed by atoms with E-state index in [2.05, 4.69) is 14.0 Å². The summed E-state index contributed by atoms with van der Waals surface area (Å²) in [5, 5.41) is 0. The van der Waals surface area contributed by atoms with Crippen LogP contribution in [0.4, 0.5) is 0 Å². The minimum absolute atomic E-state index is 0. The summed E-state index contributed by atoms with van der Waals surface area (Å²) in [5.41, 5.74) is -0.0303. The Hall–Kier alpha value is -0.214. The van der Waals surface area contributed by atoms with Gasteiger partial charge in [-0.25, -0.2) is 9.59 Å². The van der Waals surface area contributed by atoms with Crippen molar-refractivity contribution in [3.05, 3.63) is 29.3 Å². The SMILES string of the molecule is COC(=O)c1cc(O[PH](=O)[O-])cc(C(=O)OC)c1.[K+]. The molecule has 0 bridgehead atoms. The predicted octanol–water partition coefficient (Wildman–Crippen LogP) is -2.61. The molecular formula is C10H10KO7P. The van der Waals surface area contributed by atoms with Crippen LogP contribution in [0.2, 0.25) is 0 Å². The second kappa shape index (κ2) is 8.86. The van der Waals surface area contributed by atoms with Crippen molar-refractivity contribution in [2.24, 2.45) is 0 Å². The van der Waals surface area contributed by atoms with Crippen molar-refractivity contribution in [3.8, 4) is 5.75 Å². The van der Waals surface area contributed by atoms with Crippen LogP contribution in [0, 0.1) is 0 Å². The summed E-state index contributed by atoms with van der Waals surface area (Å²) in [6, 6.07) is 3.52. The van der Waals surface area contributed by atoms with Crippen LogP contribution in [0.25, 0.3) is 0 Å². The predicted molar refractivity (Wildman–Crippen MR) is 58.8 cm³/mol. The van der Waals surface area contributed by atoms with Gasteiger partial charge >= 0.3 is 63.3 Å². The Morgan fingerprint density at radius 3 is 1.79 bits per heavy atom. The third kappa shape index (κ3) is 5.74. The second-order valence-corrected chi connectivity index (χ2v) is 3.79. The molecule has 1 aromatic rings. The maximum absolute atomic E-state index is 11.3. The van der Waals surface area contributed by atoms with Gasteiger partial charge in [-0.2, -0.15) is 0 Å². The van der Waals surface area contributed by atoms with Crippen molar-refractivity contribution in [2.45, 2.75) is 0 Å². The Bertz CT molecular complexity index is 468. The molecule has 0 radical (unpaired) electrons. The van der Waals surface area contributed by atoms with Gasteiger partial charge in [-0.15, -0.1) is 0 Å². The largest absolute Gasteiger partial charge is 1.00 e. The van der Waals surface area contributed by atoms with Gasteiger partial charge in [0.15, 0.2) is 8.25 Å². The number of benzene rings is 1. The van der Waals surface area contributed by atoms with Crippen molar-refractivity contribution in [2.75, 3.05) is 14.2 Å². The molecule has 0 saturated carbocycles. The monoisotopic (exact) mass is 312 g/mol. The van der Waals surface area contributed by atoms with Crippen LogP contribution in [-0.2, 0) is 14.0 Å². The van der Waals surface area contributed by atoms with E-state index in [1.54, 1.807) is 0 Å². The first kappa shape index (κ1) is 18.8. The van der Waals surface area contributed by atoms with Crippen LogP contribution in [-0.4, -0.2) is 26.2 Å². The topological polar surface area (TPSA) is 102 Å². The molecule has 0 aromatic heterocycles. The van der Waals surface area contributed by atoms with E-state index in [1.165, 1.54) is 6.07 Å². The zero-order valence-electron chi connectivity index (χ0n) is 10.6. The summed E-state index contributed by atoms with van der Waals surface area (Å²) in [6.07, 6.45) is 0. The van der Waals surface area contributed by atoms with Gasteiger partial charge in [0, 0.05) is 0 Å². The van der Waals surface area contributed by atoms with E-state index in [-0.39, 0.29) is 68.3 Å². The molecule has 7 nitrogen and oxygen atoms in total. The number of rotatable bonds is 4. The molecule has 0 saturated heterocycles. The zero-order chi connectivity index (χ0) is 13.7. The third-order valence-electron chi connectivity index (χ3n) is 1.95. The number of hydrogen-bond donors (Lipinski definition) is 0. The van der Waals surface area contributed by atoms with E-state index in [4.69, 9.17) is 0 Å². The summed E-state index contributed by atoms with van der Waals surface area (Å²) in [7, 11) is -1.17. The van der Waals surface area contributed by atoms with E-state index in [0.29, 0.717) is 0 Å². The van der Waals surface area contributed by atoms with Crippen LogP contribution in [0.1, 0.15) is 20.7 Å². The van der Waals surface area contributed by atoms with Gasteiger partial charge in [0.05, 0.1) is 25.3 Å². The van der Waals surface area contributed by atoms with E-state index in [0.717, 1.165) is 26.4 Å². The van der Waals surface area contributed by atoms with E-state index >= 15 is 0 Å². The van der Waals surface area contributed by atoms with Gasteiger partial charge in [-0.1, -0.05) is 0 Å². The first-order valence-electron chi connectivity index (χ1n) is 4.68. The minimum Gasteiger partial charge on any atom is -0.771 e. The smallest absolute Gasteiger partial charge is 0.771 e. The van der Waals surface area contributed by atoms with E-state index in [9.17, 15) is 19.0 Å². The number of carbonyl (C=O) groups excluding carboxylic acids is 2. The molecule has 0 aliphatic carbocycles. The first-order valence-corrected chi connectivity index (χ1v) is 5.91. The van der Waals surface area contributed by atoms with E-state index < -0.39 is 20.2 Å². The van der Waals surface area contributed by atoms with Crippen LogP contribution in [0.5, 0.6) is 5.75 Å². The van der Waals surface area contributed by atoms with Gasteiger partial charge in [0.2, 0.25) is 0 Å². The Balaban J connectivity index is 0.00000324. The quantitative estimate of drug-likeness (QED) is 0.341. The summed E-state index contributed by atoms with van der Waals surface area (Å²) < 4.78 is 23.9. The summed E-state index contributed by atoms with van der Waals surface area (Å²) >= 11 is 0. The van der Waals surface area contributed by atoms with Crippen molar-refractivity contribution >= 4 is 20.2 Å². The third-order valence-corrected chi connectivity index (χ3v) is 2.35. The molecule has 98 valence electrons. The molecule has 0 spiro atoms. The second-order valence-electron chi connectivity index (χ2n) is 3.08. The molecule has 1 rings (SSSR count). The summed E-state index contributed by atoms with van der Waals surface area (Å²) in [5.74, 6) is -1.61. The molecule has 19 heavy (non-hydrogen) atoms. The number of esters is 2. The fourth-order valence-electron chi connectivity index (χ4n) is 1.23. The van der Waals surface area contributed by atoms with Gasteiger partial charge in [0.25, 0.3) is 0 Å². The first-order chi connectivity index (χ1) is 8.47. The molecule has 1 aromatic carbocycles. The van der Waals surface area contributed by atoms with Gasteiger partial charge < -0.3 is 18.9 Å². The number of carbonyl (C=O) groups is 2. The molecule has 9 heteroatoms. The molecule has 1 unspecified atom stereocenters. The van der Waals surface area contributed by atoms with Crippen LogP contribution >= 0.6 is 8.25 Å². The summed E-state index contributed by atoms with van der Waals surface area (Å²) in [4.78, 5) is 33.2. The average Bonchev–Trinajstić information content (AvgIpc) is 2.35. The molecular weight excluding hydrogens is 302 g/mol. The van der Waals surface area contributed by atoms with Crippen molar-refractivity contribution < 1.29 is 84.4 Å². The van der Waals surface area contributed by atoms with Crippen molar-refractivity contribution in [1.82, 2.24) is 0 Å². The van der Waals surface area contributed by atoms with Crippen LogP contribution in [0.15, 0.2) is 18.2 Å². The molecule has 0 amide bonds. The molecule has 0 heterocycles.